The summed E-state index contributed by atoms with van der Waals surface area (Å²) in [5.74, 6) is 0.0391. The van der Waals surface area contributed by atoms with Crippen molar-refractivity contribution in [3.05, 3.63) is 23.8 Å². The molecule has 6 heteroatoms. The molecule has 0 unspecified atom stereocenters. The lowest BCUT2D eigenvalue weighted by Crippen LogP contribution is -2.48. The monoisotopic (exact) mass is 278 g/mol. The van der Waals surface area contributed by atoms with Gasteiger partial charge in [-0.3, -0.25) is 9.59 Å². The second-order valence-electron chi connectivity index (χ2n) is 5.57. The molecular formula is C14H18N2O4. The number of hydrogen-bond acceptors (Lipinski definition) is 4. The number of nitrogens with one attached hydrogen (secondary N) is 2. The Bertz CT molecular complexity index is 534. The number of hydrogen-bond donors (Lipinski definition) is 2. The predicted octanol–water partition coefficient (Wildman–Crippen LogP) is 0.946. The molecule has 2 N–H and O–H groups in total. The van der Waals surface area contributed by atoms with Crippen molar-refractivity contribution >= 4 is 11.8 Å². The third kappa shape index (κ3) is 3.63. The van der Waals surface area contributed by atoms with E-state index in [0.29, 0.717) is 11.5 Å². The molecule has 108 valence electrons. The first-order chi connectivity index (χ1) is 9.35. The van der Waals surface area contributed by atoms with Crippen molar-refractivity contribution in [2.75, 3.05) is 6.79 Å². The molecule has 0 aliphatic carbocycles. The molecule has 1 aliphatic heterocycles. The van der Waals surface area contributed by atoms with Gasteiger partial charge in [0.1, 0.15) is 0 Å². The second-order valence-corrected chi connectivity index (χ2v) is 5.57. The number of carbonyl (C=O) groups is 2. The van der Waals surface area contributed by atoms with Crippen LogP contribution in [0.15, 0.2) is 18.2 Å². The molecular weight excluding hydrogens is 260 g/mol. The van der Waals surface area contributed by atoms with Crippen LogP contribution in [0.5, 0.6) is 11.5 Å². The standard InChI is InChI=1S/C14H18N2O4/c1-14(2,3)16-13(18)12(17)15-7-9-4-5-10-11(6-9)20-8-19-10/h4-6H,7-8H2,1-3H3,(H,15,17)(H,16,18). The molecule has 1 aromatic rings. The molecule has 1 heterocycles. The van der Waals surface area contributed by atoms with E-state index in [2.05, 4.69) is 10.6 Å². The maximum absolute atomic E-state index is 11.6. The van der Waals surface area contributed by atoms with Gasteiger partial charge in [0.25, 0.3) is 0 Å². The number of ether oxygens (including phenoxy) is 2. The van der Waals surface area contributed by atoms with Gasteiger partial charge in [-0.2, -0.15) is 0 Å². The average Bonchev–Trinajstić information content (AvgIpc) is 2.81. The van der Waals surface area contributed by atoms with Crippen LogP contribution in [0.25, 0.3) is 0 Å². The zero-order valence-corrected chi connectivity index (χ0v) is 11.8. The smallest absolute Gasteiger partial charge is 0.309 e. The van der Waals surface area contributed by atoms with E-state index in [1.165, 1.54) is 0 Å². The van der Waals surface area contributed by atoms with E-state index in [9.17, 15) is 9.59 Å². The number of carbonyl (C=O) groups excluding carboxylic acids is 2. The van der Waals surface area contributed by atoms with E-state index in [-0.39, 0.29) is 13.3 Å². The molecule has 1 aliphatic rings. The van der Waals surface area contributed by atoms with Crippen LogP contribution in [0, 0.1) is 0 Å². The van der Waals surface area contributed by atoms with Crippen LogP contribution < -0.4 is 20.1 Å². The highest BCUT2D eigenvalue weighted by molar-refractivity contribution is 6.35. The van der Waals surface area contributed by atoms with E-state index < -0.39 is 17.4 Å². The molecule has 0 spiro atoms. The van der Waals surface area contributed by atoms with Gasteiger partial charge in [0.2, 0.25) is 6.79 Å². The molecule has 1 aromatic carbocycles. The van der Waals surface area contributed by atoms with Crippen LogP contribution >= 0.6 is 0 Å². The average molecular weight is 278 g/mol. The summed E-state index contributed by atoms with van der Waals surface area (Å²) < 4.78 is 10.4. The molecule has 0 atom stereocenters. The fourth-order valence-corrected chi connectivity index (χ4v) is 1.71. The summed E-state index contributed by atoms with van der Waals surface area (Å²) in [6, 6.07) is 5.37. The minimum atomic E-state index is -0.655. The van der Waals surface area contributed by atoms with E-state index >= 15 is 0 Å². The lowest BCUT2D eigenvalue weighted by atomic mass is 10.1. The summed E-state index contributed by atoms with van der Waals surface area (Å²) in [4.78, 5) is 23.2. The van der Waals surface area contributed by atoms with Crippen molar-refractivity contribution in [1.29, 1.82) is 0 Å². The first-order valence-electron chi connectivity index (χ1n) is 6.34. The van der Waals surface area contributed by atoms with Crippen LogP contribution in [0.2, 0.25) is 0 Å². The molecule has 0 saturated carbocycles. The van der Waals surface area contributed by atoms with Gasteiger partial charge in [0.05, 0.1) is 0 Å². The Morgan fingerprint density at radius 1 is 1.15 bits per heavy atom. The van der Waals surface area contributed by atoms with Gasteiger partial charge in [-0.25, -0.2) is 0 Å². The maximum Gasteiger partial charge on any atom is 0.309 e. The van der Waals surface area contributed by atoms with E-state index in [0.717, 1.165) is 5.56 Å². The minimum Gasteiger partial charge on any atom is -0.454 e. The summed E-state index contributed by atoms with van der Waals surface area (Å²) in [7, 11) is 0. The molecule has 0 aromatic heterocycles. The minimum absolute atomic E-state index is 0.207. The van der Waals surface area contributed by atoms with Gasteiger partial charge in [-0.1, -0.05) is 6.07 Å². The molecule has 0 radical (unpaired) electrons. The first-order valence-corrected chi connectivity index (χ1v) is 6.34. The summed E-state index contributed by atoms with van der Waals surface area (Å²) in [6.45, 7) is 5.91. The van der Waals surface area contributed by atoms with Crippen molar-refractivity contribution < 1.29 is 19.1 Å². The quantitative estimate of drug-likeness (QED) is 0.790. The Morgan fingerprint density at radius 2 is 1.85 bits per heavy atom. The fourth-order valence-electron chi connectivity index (χ4n) is 1.71. The van der Waals surface area contributed by atoms with Crippen LogP contribution in [-0.4, -0.2) is 24.1 Å². The van der Waals surface area contributed by atoms with Crippen molar-refractivity contribution in [1.82, 2.24) is 10.6 Å². The van der Waals surface area contributed by atoms with Crippen LogP contribution in [0.4, 0.5) is 0 Å². The summed E-state index contributed by atoms with van der Waals surface area (Å²) >= 11 is 0. The SMILES string of the molecule is CC(C)(C)NC(=O)C(=O)NCc1ccc2c(c1)OCO2. The molecule has 20 heavy (non-hydrogen) atoms. The number of fused-ring (bicyclic) bond motifs is 1. The van der Waals surface area contributed by atoms with Gasteiger partial charge in [0.15, 0.2) is 11.5 Å². The van der Waals surface area contributed by atoms with Crippen LogP contribution in [-0.2, 0) is 16.1 Å². The van der Waals surface area contributed by atoms with Gasteiger partial charge < -0.3 is 20.1 Å². The molecule has 2 rings (SSSR count). The van der Waals surface area contributed by atoms with Gasteiger partial charge in [0, 0.05) is 12.1 Å². The molecule has 6 nitrogen and oxygen atoms in total. The van der Waals surface area contributed by atoms with E-state index in [1.54, 1.807) is 12.1 Å². The summed E-state index contributed by atoms with van der Waals surface area (Å²) in [6.07, 6.45) is 0. The third-order valence-electron chi connectivity index (χ3n) is 2.58. The van der Waals surface area contributed by atoms with E-state index in [1.807, 2.05) is 26.8 Å². The highest BCUT2D eigenvalue weighted by atomic mass is 16.7. The predicted molar refractivity (Wildman–Crippen MR) is 72.3 cm³/mol. The number of rotatable bonds is 2. The maximum atomic E-state index is 11.6. The molecule has 0 fully saturated rings. The first kappa shape index (κ1) is 14.2. The Morgan fingerprint density at radius 3 is 2.55 bits per heavy atom. The third-order valence-corrected chi connectivity index (χ3v) is 2.58. The van der Waals surface area contributed by atoms with Gasteiger partial charge in [-0.15, -0.1) is 0 Å². The number of benzene rings is 1. The summed E-state index contributed by atoms with van der Waals surface area (Å²) in [5.41, 5.74) is 0.402. The second kappa shape index (κ2) is 5.40. The zero-order chi connectivity index (χ0) is 14.8. The molecule has 0 bridgehead atoms. The molecule has 0 saturated heterocycles. The lowest BCUT2D eigenvalue weighted by Gasteiger charge is -2.19. The Kier molecular flexibility index (Phi) is 3.83. The van der Waals surface area contributed by atoms with Crippen molar-refractivity contribution in [2.24, 2.45) is 0 Å². The normalized spacial score (nSPS) is 12.9. The highest BCUT2D eigenvalue weighted by Crippen LogP contribution is 2.32. The van der Waals surface area contributed by atoms with E-state index in [4.69, 9.17) is 9.47 Å². The van der Waals surface area contributed by atoms with Crippen molar-refractivity contribution in [3.8, 4) is 11.5 Å². The fraction of sp³-hybridized carbons (Fsp3) is 0.429. The highest BCUT2D eigenvalue weighted by Gasteiger charge is 2.20. The van der Waals surface area contributed by atoms with Gasteiger partial charge >= 0.3 is 11.8 Å². The Hall–Kier alpha value is -2.24. The largest absolute Gasteiger partial charge is 0.454 e. The topological polar surface area (TPSA) is 76.7 Å². The zero-order valence-electron chi connectivity index (χ0n) is 11.8. The van der Waals surface area contributed by atoms with Gasteiger partial charge in [-0.05, 0) is 38.5 Å². The lowest BCUT2D eigenvalue weighted by molar-refractivity contribution is -0.140. The molecule has 2 amide bonds. The van der Waals surface area contributed by atoms with Crippen molar-refractivity contribution in [2.45, 2.75) is 32.9 Å². The van der Waals surface area contributed by atoms with Crippen molar-refractivity contribution in [3.63, 3.8) is 0 Å². The van der Waals surface area contributed by atoms with Crippen LogP contribution in [0.1, 0.15) is 26.3 Å². The van der Waals surface area contributed by atoms with Crippen LogP contribution in [0.3, 0.4) is 0 Å². The summed E-state index contributed by atoms with van der Waals surface area (Å²) in [5, 5.41) is 5.17. The Labute approximate surface area is 117 Å². The Balaban J connectivity index is 1.89. The number of amides is 2.